The molecule has 1 aromatic heterocycles. The molecule has 3 aromatic rings. The molecule has 1 unspecified atom stereocenters. The highest BCUT2D eigenvalue weighted by Crippen LogP contribution is 2.36. The Labute approximate surface area is 217 Å². The van der Waals surface area contributed by atoms with Gasteiger partial charge in [0.25, 0.3) is 0 Å². The van der Waals surface area contributed by atoms with Crippen LogP contribution in [0.4, 0.5) is 4.39 Å². The van der Waals surface area contributed by atoms with Crippen molar-refractivity contribution < 1.29 is 19.0 Å². The number of thioether (sulfide) groups is 1. The van der Waals surface area contributed by atoms with Gasteiger partial charge in [0.1, 0.15) is 11.9 Å². The molecule has 7 heteroatoms. The molecule has 1 saturated heterocycles. The average Bonchev–Trinajstić information content (AvgIpc) is 2.88. The number of nitrogens with zero attached hydrogens (tertiary/aromatic N) is 2. The molecule has 1 N–H and O–H groups in total. The number of rotatable bonds is 11. The van der Waals surface area contributed by atoms with Crippen LogP contribution in [0.15, 0.2) is 59.6 Å². The van der Waals surface area contributed by atoms with Crippen molar-refractivity contribution in [3.8, 4) is 5.75 Å². The highest BCUT2D eigenvalue weighted by molar-refractivity contribution is 7.99. The van der Waals surface area contributed by atoms with E-state index in [0.29, 0.717) is 24.2 Å². The molecule has 3 atom stereocenters. The number of methoxy groups -OCH3 is 1. The van der Waals surface area contributed by atoms with Gasteiger partial charge in [0, 0.05) is 41.7 Å². The molecule has 192 valence electrons. The van der Waals surface area contributed by atoms with E-state index in [2.05, 4.69) is 41.1 Å². The van der Waals surface area contributed by atoms with Gasteiger partial charge >= 0.3 is 5.97 Å². The SMILES string of the molecule is COc1ccc2nccc(C(F)CC[C@@H]3CCN(CCSc4ccccc4C)C[C@@H]3CC(=O)O)c2c1. The van der Waals surface area contributed by atoms with Gasteiger partial charge in [-0.3, -0.25) is 9.78 Å². The monoisotopic (exact) mass is 510 g/mol. The van der Waals surface area contributed by atoms with Crippen molar-refractivity contribution in [2.24, 2.45) is 11.8 Å². The summed E-state index contributed by atoms with van der Waals surface area (Å²) in [6.07, 6.45) is 2.62. The van der Waals surface area contributed by atoms with Crippen molar-refractivity contribution in [2.75, 3.05) is 32.5 Å². The van der Waals surface area contributed by atoms with Crippen molar-refractivity contribution in [1.82, 2.24) is 9.88 Å². The lowest BCUT2D eigenvalue weighted by atomic mass is 9.79. The zero-order valence-corrected chi connectivity index (χ0v) is 21.8. The highest BCUT2D eigenvalue weighted by Gasteiger charge is 2.31. The van der Waals surface area contributed by atoms with Crippen molar-refractivity contribution in [3.05, 3.63) is 65.9 Å². The lowest BCUT2D eigenvalue weighted by molar-refractivity contribution is -0.139. The summed E-state index contributed by atoms with van der Waals surface area (Å²) in [5.41, 5.74) is 2.65. The first-order chi connectivity index (χ1) is 17.4. The number of likely N-dealkylation sites (tertiary alicyclic amines) is 1. The van der Waals surface area contributed by atoms with Gasteiger partial charge in [-0.25, -0.2) is 4.39 Å². The fraction of sp³-hybridized carbons (Fsp3) is 0.448. The van der Waals surface area contributed by atoms with Gasteiger partial charge < -0.3 is 14.7 Å². The Morgan fingerprint density at radius 1 is 1.25 bits per heavy atom. The number of carboxylic acids is 1. The summed E-state index contributed by atoms with van der Waals surface area (Å²) >= 11 is 1.85. The predicted octanol–water partition coefficient (Wildman–Crippen LogP) is 6.55. The van der Waals surface area contributed by atoms with E-state index in [4.69, 9.17) is 4.74 Å². The third kappa shape index (κ3) is 6.77. The molecule has 0 bridgehead atoms. The van der Waals surface area contributed by atoms with Crippen molar-refractivity contribution in [3.63, 3.8) is 0 Å². The Bertz CT molecular complexity index is 1170. The van der Waals surface area contributed by atoms with Gasteiger partial charge in [-0.2, -0.15) is 0 Å². The summed E-state index contributed by atoms with van der Waals surface area (Å²) in [5.74, 6) is 1.13. The van der Waals surface area contributed by atoms with E-state index in [1.807, 2.05) is 30.0 Å². The van der Waals surface area contributed by atoms with Crippen LogP contribution in [0.3, 0.4) is 0 Å². The van der Waals surface area contributed by atoms with E-state index in [1.54, 1.807) is 19.4 Å². The number of piperidine rings is 1. The maximum Gasteiger partial charge on any atom is 0.303 e. The second-order valence-corrected chi connectivity index (χ2v) is 10.8. The molecule has 36 heavy (non-hydrogen) atoms. The van der Waals surface area contributed by atoms with Gasteiger partial charge in [-0.05, 0) is 86.0 Å². The van der Waals surface area contributed by atoms with E-state index < -0.39 is 12.1 Å². The van der Waals surface area contributed by atoms with Gasteiger partial charge in [-0.1, -0.05) is 18.2 Å². The molecule has 0 amide bonds. The number of carboxylic acid groups (broad SMARTS) is 1. The summed E-state index contributed by atoms with van der Waals surface area (Å²) in [5, 5.41) is 10.3. The minimum Gasteiger partial charge on any atom is -0.497 e. The number of aryl methyl sites for hydroxylation is 1. The van der Waals surface area contributed by atoms with E-state index in [0.717, 1.165) is 42.7 Å². The number of benzene rings is 2. The Morgan fingerprint density at radius 3 is 2.86 bits per heavy atom. The molecule has 2 aromatic carbocycles. The van der Waals surface area contributed by atoms with E-state index in [1.165, 1.54) is 10.5 Å². The highest BCUT2D eigenvalue weighted by atomic mass is 32.2. The molecule has 1 aliphatic rings. The lowest BCUT2D eigenvalue weighted by Gasteiger charge is -2.38. The van der Waals surface area contributed by atoms with Gasteiger partial charge in [-0.15, -0.1) is 11.8 Å². The maximum atomic E-state index is 15.5. The van der Waals surface area contributed by atoms with Crippen LogP contribution in [0.2, 0.25) is 0 Å². The third-order valence-corrected chi connectivity index (χ3v) is 8.44. The lowest BCUT2D eigenvalue weighted by Crippen LogP contribution is -2.42. The number of aliphatic carboxylic acids is 1. The molecule has 1 aliphatic heterocycles. The number of pyridine rings is 1. The number of alkyl halides is 1. The minimum atomic E-state index is -1.13. The molecule has 1 fully saturated rings. The van der Waals surface area contributed by atoms with E-state index in [9.17, 15) is 9.90 Å². The summed E-state index contributed by atoms with van der Waals surface area (Å²) in [6.45, 7) is 4.75. The number of aromatic nitrogens is 1. The van der Waals surface area contributed by atoms with Crippen LogP contribution < -0.4 is 4.74 Å². The quantitative estimate of drug-likeness (QED) is 0.295. The topological polar surface area (TPSA) is 62.7 Å². The second-order valence-electron chi connectivity index (χ2n) is 9.65. The molecular weight excluding hydrogens is 475 g/mol. The first-order valence-electron chi connectivity index (χ1n) is 12.6. The predicted molar refractivity (Wildman–Crippen MR) is 144 cm³/mol. The fourth-order valence-corrected chi connectivity index (χ4v) is 6.30. The molecule has 0 radical (unpaired) electrons. The molecule has 4 rings (SSSR count). The standard InChI is InChI=1S/C29H35FN2O3S/c1-20-5-3-4-6-28(20)36-16-15-32-14-12-21(22(19-32)17-29(33)34)7-9-26(30)24-11-13-31-27-10-8-23(35-2)18-25(24)27/h3-6,8,10-11,13,18,21-22,26H,7,9,12,14-17,19H2,1-2H3,(H,33,34)/t21-,22+,26?/m1/s1. The first kappa shape index (κ1) is 26.4. The van der Waals surface area contributed by atoms with Crippen molar-refractivity contribution in [1.29, 1.82) is 0 Å². The summed E-state index contributed by atoms with van der Waals surface area (Å²) in [4.78, 5) is 19.6. The Hall–Kier alpha value is -2.64. The van der Waals surface area contributed by atoms with Crippen LogP contribution in [0.5, 0.6) is 5.75 Å². The fourth-order valence-electron chi connectivity index (χ4n) is 5.26. The largest absolute Gasteiger partial charge is 0.497 e. The first-order valence-corrected chi connectivity index (χ1v) is 13.6. The number of hydrogen-bond donors (Lipinski definition) is 1. The number of halogens is 1. The Morgan fingerprint density at radius 2 is 2.08 bits per heavy atom. The molecule has 5 nitrogen and oxygen atoms in total. The molecule has 0 saturated carbocycles. The second kappa shape index (κ2) is 12.5. The summed E-state index contributed by atoms with van der Waals surface area (Å²) in [6, 6.07) is 15.6. The number of ether oxygens (including phenoxy) is 1. The molecular formula is C29H35FN2O3S. The van der Waals surface area contributed by atoms with E-state index in [-0.39, 0.29) is 18.3 Å². The Balaban J connectivity index is 1.35. The Kier molecular flexibility index (Phi) is 9.21. The van der Waals surface area contributed by atoms with Gasteiger partial charge in [0.05, 0.1) is 12.6 Å². The summed E-state index contributed by atoms with van der Waals surface area (Å²) in [7, 11) is 1.60. The smallest absolute Gasteiger partial charge is 0.303 e. The maximum absolute atomic E-state index is 15.5. The van der Waals surface area contributed by atoms with Crippen LogP contribution in [0, 0.1) is 18.8 Å². The van der Waals surface area contributed by atoms with Crippen molar-refractivity contribution >= 4 is 28.6 Å². The van der Waals surface area contributed by atoms with Crippen LogP contribution in [0.1, 0.15) is 43.0 Å². The minimum absolute atomic E-state index is 0.0428. The van der Waals surface area contributed by atoms with Crippen LogP contribution >= 0.6 is 11.8 Å². The molecule has 0 aliphatic carbocycles. The van der Waals surface area contributed by atoms with Gasteiger partial charge in [0.2, 0.25) is 0 Å². The number of fused-ring (bicyclic) bond motifs is 1. The van der Waals surface area contributed by atoms with E-state index >= 15 is 4.39 Å². The van der Waals surface area contributed by atoms with Crippen molar-refractivity contribution in [2.45, 2.75) is 43.7 Å². The normalized spacial score (nSPS) is 19.3. The third-order valence-electron chi connectivity index (χ3n) is 7.28. The molecule has 0 spiro atoms. The van der Waals surface area contributed by atoms with Crippen LogP contribution in [-0.2, 0) is 4.79 Å². The number of carbonyl (C=O) groups is 1. The van der Waals surface area contributed by atoms with Crippen LogP contribution in [-0.4, -0.2) is 53.5 Å². The zero-order chi connectivity index (χ0) is 25.5. The zero-order valence-electron chi connectivity index (χ0n) is 21.0. The molecule has 2 heterocycles. The number of hydrogen-bond acceptors (Lipinski definition) is 5. The van der Waals surface area contributed by atoms with Gasteiger partial charge in [0.15, 0.2) is 0 Å². The van der Waals surface area contributed by atoms with Crippen LogP contribution in [0.25, 0.3) is 10.9 Å². The summed E-state index contributed by atoms with van der Waals surface area (Å²) < 4.78 is 20.8. The average molecular weight is 511 g/mol.